The zero-order chi connectivity index (χ0) is 13.3. The summed E-state index contributed by atoms with van der Waals surface area (Å²) in [5.41, 5.74) is 3.10. The fraction of sp³-hybridized carbons (Fsp3) is 0.571. The number of hydrogen-bond acceptors (Lipinski definition) is 2. The average molecular weight is 254 g/mol. The zero-order valence-corrected chi connectivity index (χ0v) is 10.8. The lowest BCUT2D eigenvalue weighted by atomic mass is 9.75. The van der Waals surface area contributed by atoms with Gasteiger partial charge in [-0.25, -0.2) is 8.78 Å². The Hall–Kier alpha value is -1.00. The van der Waals surface area contributed by atoms with E-state index >= 15 is 0 Å². The minimum Gasteiger partial charge on any atom is -0.271 e. The molecule has 2 atom stereocenters. The molecule has 1 aromatic carbocycles. The lowest BCUT2D eigenvalue weighted by Crippen LogP contribution is -2.38. The molecule has 1 aliphatic carbocycles. The summed E-state index contributed by atoms with van der Waals surface area (Å²) in [6, 6.07) is 3.20. The summed E-state index contributed by atoms with van der Waals surface area (Å²) in [4.78, 5) is 0. The summed E-state index contributed by atoms with van der Waals surface area (Å²) < 4.78 is 27.1. The predicted molar refractivity (Wildman–Crippen MR) is 67.5 cm³/mol. The van der Waals surface area contributed by atoms with Crippen LogP contribution in [0.2, 0.25) is 0 Å². The molecule has 0 amide bonds. The number of hydrazine groups is 1. The molecule has 18 heavy (non-hydrogen) atoms. The van der Waals surface area contributed by atoms with Crippen molar-refractivity contribution in [3.8, 4) is 0 Å². The molecule has 100 valence electrons. The maximum absolute atomic E-state index is 13.8. The maximum Gasteiger partial charge on any atom is 0.128 e. The van der Waals surface area contributed by atoms with E-state index in [4.69, 9.17) is 5.84 Å². The molecule has 3 N–H and O–H groups in total. The van der Waals surface area contributed by atoms with Crippen molar-refractivity contribution in [3.63, 3.8) is 0 Å². The molecule has 0 bridgehead atoms. The van der Waals surface area contributed by atoms with Gasteiger partial charge in [0.05, 0.1) is 6.04 Å². The highest BCUT2D eigenvalue weighted by molar-refractivity contribution is 5.24. The number of nitrogens with two attached hydrogens (primary N) is 1. The lowest BCUT2D eigenvalue weighted by Gasteiger charge is -2.34. The molecular weight excluding hydrogens is 234 g/mol. The Morgan fingerprint density at radius 1 is 1.39 bits per heavy atom. The van der Waals surface area contributed by atoms with E-state index in [2.05, 4.69) is 19.3 Å². The molecule has 2 unspecified atom stereocenters. The van der Waals surface area contributed by atoms with Gasteiger partial charge in [0.25, 0.3) is 0 Å². The highest BCUT2D eigenvalue weighted by Gasteiger charge is 2.40. The summed E-state index contributed by atoms with van der Waals surface area (Å²) in [5.74, 6) is 4.98. The highest BCUT2D eigenvalue weighted by atomic mass is 19.1. The smallest absolute Gasteiger partial charge is 0.128 e. The Labute approximate surface area is 107 Å². The molecule has 1 aliphatic rings. The van der Waals surface area contributed by atoms with Crippen molar-refractivity contribution < 1.29 is 8.78 Å². The monoisotopic (exact) mass is 254 g/mol. The van der Waals surface area contributed by atoms with Gasteiger partial charge >= 0.3 is 0 Å². The van der Waals surface area contributed by atoms with Crippen LogP contribution in [0.4, 0.5) is 8.78 Å². The van der Waals surface area contributed by atoms with Crippen LogP contribution in [0.5, 0.6) is 0 Å². The van der Waals surface area contributed by atoms with Crippen LogP contribution in [0.25, 0.3) is 0 Å². The van der Waals surface area contributed by atoms with Gasteiger partial charge in [0, 0.05) is 5.56 Å². The van der Waals surface area contributed by atoms with Crippen molar-refractivity contribution in [3.05, 3.63) is 35.4 Å². The first-order chi connectivity index (χ1) is 8.45. The van der Waals surface area contributed by atoms with Crippen LogP contribution < -0.4 is 11.3 Å². The van der Waals surface area contributed by atoms with Crippen molar-refractivity contribution in [1.82, 2.24) is 5.43 Å². The highest BCUT2D eigenvalue weighted by Crippen LogP contribution is 2.48. The number of rotatable bonds is 3. The zero-order valence-electron chi connectivity index (χ0n) is 10.8. The number of nitrogens with one attached hydrogen (secondary N) is 1. The van der Waals surface area contributed by atoms with Gasteiger partial charge in [0.1, 0.15) is 11.6 Å². The van der Waals surface area contributed by atoms with Crippen molar-refractivity contribution >= 4 is 0 Å². The van der Waals surface area contributed by atoms with Gasteiger partial charge in [-0.2, -0.15) is 0 Å². The van der Waals surface area contributed by atoms with Gasteiger partial charge < -0.3 is 0 Å². The molecular formula is C14H20F2N2. The molecule has 0 saturated heterocycles. The fourth-order valence-corrected chi connectivity index (χ4v) is 3.15. The Balaban J connectivity index is 2.36. The van der Waals surface area contributed by atoms with Crippen LogP contribution >= 0.6 is 0 Å². The molecule has 0 aliphatic heterocycles. The van der Waals surface area contributed by atoms with E-state index < -0.39 is 11.6 Å². The van der Waals surface area contributed by atoms with Gasteiger partial charge in [0.15, 0.2) is 0 Å². The minimum atomic E-state index is -0.428. The fourth-order valence-electron chi connectivity index (χ4n) is 3.15. The Morgan fingerprint density at radius 2 is 2.11 bits per heavy atom. The quantitative estimate of drug-likeness (QED) is 0.641. The normalized spacial score (nSPS) is 24.2. The molecule has 1 saturated carbocycles. The van der Waals surface area contributed by atoms with Gasteiger partial charge in [0.2, 0.25) is 0 Å². The van der Waals surface area contributed by atoms with Gasteiger partial charge in [-0.05, 0) is 42.4 Å². The van der Waals surface area contributed by atoms with Crippen molar-refractivity contribution in [2.45, 2.75) is 39.2 Å². The summed E-state index contributed by atoms with van der Waals surface area (Å²) in [7, 11) is 0. The second-order valence-electron chi connectivity index (χ2n) is 5.80. The maximum atomic E-state index is 13.8. The molecule has 1 fully saturated rings. The van der Waals surface area contributed by atoms with E-state index in [0.29, 0.717) is 5.56 Å². The SMILES string of the molecule is CC1(C)CCCC1C(NN)c1cc(F)ccc1F. The molecule has 0 radical (unpaired) electrons. The van der Waals surface area contributed by atoms with E-state index in [1.54, 1.807) is 0 Å². The second-order valence-corrected chi connectivity index (χ2v) is 5.80. The second kappa shape index (κ2) is 4.94. The van der Waals surface area contributed by atoms with Gasteiger partial charge in [-0.3, -0.25) is 11.3 Å². The number of halogens is 2. The summed E-state index contributed by atoms with van der Waals surface area (Å²) in [6.07, 6.45) is 3.18. The van der Waals surface area contributed by atoms with E-state index in [1.807, 2.05) is 0 Å². The summed E-state index contributed by atoms with van der Waals surface area (Å²) in [6.45, 7) is 4.32. The molecule has 0 spiro atoms. The number of benzene rings is 1. The largest absolute Gasteiger partial charge is 0.271 e. The predicted octanol–water partition coefficient (Wildman–Crippen LogP) is 3.30. The van der Waals surface area contributed by atoms with E-state index in [-0.39, 0.29) is 17.4 Å². The first-order valence-electron chi connectivity index (χ1n) is 6.37. The minimum absolute atomic E-state index is 0.0930. The van der Waals surface area contributed by atoms with E-state index in [0.717, 1.165) is 31.4 Å². The van der Waals surface area contributed by atoms with Crippen LogP contribution in [0.15, 0.2) is 18.2 Å². The van der Waals surface area contributed by atoms with Crippen LogP contribution in [-0.2, 0) is 0 Å². The molecule has 2 rings (SSSR count). The van der Waals surface area contributed by atoms with Crippen LogP contribution in [0.1, 0.15) is 44.7 Å². The van der Waals surface area contributed by atoms with Gasteiger partial charge in [-0.1, -0.05) is 20.3 Å². The molecule has 4 heteroatoms. The Morgan fingerprint density at radius 3 is 2.67 bits per heavy atom. The molecule has 2 nitrogen and oxygen atoms in total. The summed E-state index contributed by atoms with van der Waals surface area (Å²) >= 11 is 0. The Bertz CT molecular complexity index is 432. The third-order valence-corrected chi connectivity index (χ3v) is 4.22. The first-order valence-corrected chi connectivity index (χ1v) is 6.37. The van der Waals surface area contributed by atoms with Crippen molar-refractivity contribution in [1.29, 1.82) is 0 Å². The molecule has 0 aromatic heterocycles. The topological polar surface area (TPSA) is 38.0 Å². The van der Waals surface area contributed by atoms with Crippen molar-refractivity contribution in [2.24, 2.45) is 17.2 Å². The van der Waals surface area contributed by atoms with Crippen LogP contribution in [0.3, 0.4) is 0 Å². The van der Waals surface area contributed by atoms with E-state index in [1.165, 1.54) is 6.07 Å². The van der Waals surface area contributed by atoms with Crippen molar-refractivity contribution in [2.75, 3.05) is 0 Å². The molecule has 0 heterocycles. The van der Waals surface area contributed by atoms with E-state index in [9.17, 15) is 8.78 Å². The first kappa shape index (κ1) is 13.4. The lowest BCUT2D eigenvalue weighted by molar-refractivity contribution is 0.195. The van der Waals surface area contributed by atoms with Gasteiger partial charge in [-0.15, -0.1) is 0 Å². The van der Waals surface area contributed by atoms with Crippen LogP contribution in [0, 0.1) is 23.0 Å². The third kappa shape index (κ3) is 2.40. The Kier molecular flexibility index (Phi) is 3.69. The summed E-state index contributed by atoms with van der Waals surface area (Å²) in [5, 5.41) is 0. The average Bonchev–Trinajstić information content (AvgIpc) is 2.65. The standard InChI is InChI=1S/C14H20F2N2/c1-14(2)7-3-4-11(14)13(18-17)10-8-9(15)5-6-12(10)16/h5-6,8,11,13,18H,3-4,7,17H2,1-2H3. The number of hydrogen-bond donors (Lipinski definition) is 2. The third-order valence-electron chi connectivity index (χ3n) is 4.22. The molecule has 1 aromatic rings. The van der Waals surface area contributed by atoms with Crippen LogP contribution in [-0.4, -0.2) is 0 Å².